The van der Waals surface area contributed by atoms with Crippen LogP contribution in [0.15, 0.2) is 82.4 Å². The van der Waals surface area contributed by atoms with E-state index in [-0.39, 0.29) is 12.5 Å². The van der Waals surface area contributed by atoms with E-state index in [1.54, 1.807) is 18.2 Å². The van der Waals surface area contributed by atoms with Crippen molar-refractivity contribution < 1.29 is 14.3 Å². The lowest BCUT2D eigenvalue weighted by Crippen LogP contribution is -2.24. The molecule has 0 fully saturated rings. The lowest BCUT2D eigenvalue weighted by atomic mass is 10.2. The van der Waals surface area contributed by atoms with E-state index in [2.05, 4.69) is 26.5 Å². The van der Waals surface area contributed by atoms with E-state index in [1.165, 1.54) is 6.21 Å². The largest absolute Gasteiger partial charge is 0.488 e. The van der Waals surface area contributed by atoms with Gasteiger partial charge in [-0.15, -0.1) is 0 Å². The van der Waals surface area contributed by atoms with E-state index >= 15 is 0 Å². The predicted molar refractivity (Wildman–Crippen MR) is 118 cm³/mol. The fourth-order valence-electron chi connectivity index (χ4n) is 2.40. The van der Waals surface area contributed by atoms with Crippen molar-refractivity contribution in [2.75, 3.05) is 6.61 Å². The van der Waals surface area contributed by atoms with Crippen LogP contribution in [0.25, 0.3) is 0 Å². The summed E-state index contributed by atoms with van der Waals surface area (Å²) in [6.45, 7) is 0.269. The van der Waals surface area contributed by atoms with Gasteiger partial charge < -0.3 is 9.47 Å². The fraction of sp³-hybridized carbons (Fsp3) is 0.0909. The van der Waals surface area contributed by atoms with Gasteiger partial charge in [0.1, 0.15) is 18.1 Å². The molecule has 0 heterocycles. The van der Waals surface area contributed by atoms with Crippen LogP contribution in [0.4, 0.5) is 0 Å². The number of benzene rings is 3. The second-order valence-electron chi connectivity index (χ2n) is 5.97. The summed E-state index contributed by atoms with van der Waals surface area (Å²) >= 11 is 9.22. The van der Waals surface area contributed by atoms with Crippen LogP contribution in [-0.4, -0.2) is 18.7 Å². The molecule has 3 aromatic carbocycles. The molecule has 0 saturated carbocycles. The molecule has 0 radical (unpaired) electrons. The van der Waals surface area contributed by atoms with Gasteiger partial charge in [0.05, 0.1) is 10.7 Å². The summed E-state index contributed by atoms with van der Waals surface area (Å²) in [6, 6.07) is 22.4. The van der Waals surface area contributed by atoms with Crippen molar-refractivity contribution in [3.8, 4) is 11.5 Å². The first-order valence-electron chi connectivity index (χ1n) is 8.77. The van der Waals surface area contributed by atoms with Gasteiger partial charge in [0.25, 0.3) is 5.91 Å². The van der Waals surface area contributed by atoms with Crippen molar-refractivity contribution in [1.82, 2.24) is 5.43 Å². The summed E-state index contributed by atoms with van der Waals surface area (Å²) in [7, 11) is 0. The standard InChI is InChI=1S/C22H18BrClN2O3/c23-19-12-18(24)10-11-21(19)29-15-22(27)26-25-13-17-8-4-5-9-20(17)28-14-16-6-2-1-3-7-16/h1-13H,14-15H2,(H,26,27). The molecule has 3 aromatic rings. The predicted octanol–water partition coefficient (Wildman–Crippen LogP) is 5.21. The molecule has 29 heavy (non-hydrogen) atoms. The van der Waals surface area contributed by atoms with Gasteiger partial charge in [-0.25, -0.2) is 5.43 Å². The highest BCUT2D eigenvalue weighted by molar-refractivity contribution is 9.10. The Morgan fingerprint density at radius 3 is 2.55 bits per heavy atom. The highest BCUT2D eigenvalue weighted by Gasteiger charge is 2.06. The van der Waals surface area contributed by atoms with Crippen LogP contribution >= 0.6 is 27.5 Å². The molecule has 0 aliphatic rings. The maximum Gasteiger partial charge on any atom is 0.277 e. The number of rotatable bonds is 8. The second-order valence-corrected chi connectivity index (χ2v) is 7.26. The minimum Gasteiger partial charge on any atom is -0.488 e. The van der Waals surface area contributed by atoms with E-state index in [9.17, 15) is 4.79 Å². The minimum atomic E-state index is -0.384. The first-order valence-corrected chi connectivity index (χ1v) is 9.94. The number of carbonyl (C=O) groups excluding carboxylic acids is 1. The van der Waals surface area contributed by atoms with E-state index in [1.807, 2.05) is 54.6 Å². The molecule has 0 aliphatic carbocycles. The summed E-state index contributed by atoms with van der Waals surface area (Å²) in [5, 5.41) is 4.56. The number of halogens is 2. The molecule has 0 saturated heterocycles. The Hall–Kier alpha value is -2.83. The fourth-order valence-corrected chi connectivity index (χ4v) is 3.19. The van der Waals surface area contributed by atoms with Crippen LogP contribution in [0, 0.1) is 0 Å². The Bertz CT molecular complexity index is 996. The smallest absolute Gasteiger partial charge is 0.277 e. The monoisotopic (exact) mass is 472 g/mol. The molecule has 0 bridgehead atoms. The molecule has 1 N–H and O–H groups in total. The number of carbonyl (C=O) groups is 1. The normalized spacial score (nSPS) is 10.7. The Kier molecular flexibility index (Phi) is 7.67. The third-order valence-electron chi connectivity index (χ3n) is 3.80. The molecule has 5 nitrogen and oxygen atoms in total. The Balaban J connectivity index is 1.52. The van der Waals surface area contributed by atoms with E-state index in [0.717, 1.165) is 11.1 Å². The van der Waals surface area contributed by atoms with Gasteiger partial charge in [0.15, 0.2) is 6.61 Å². The quantitative estimate of drug-likeness (QED) is 0.361. The summed E-state index contributed by atoms with van der Waals surface area (Å²) in [4.78, 5) is 12.0. The molecule has 0 spiro atoms. The van der Waals surface area contributed by atoms with Gasteiger partial charge in [-0.3, -0.25) is 4.79 Å². The average molecular weight is 474 g/mol. The first kappa shape index (κ1) is 20.9. The summed E-state index contributed by atoms with van der Waals surface area (Å²) < 4.78 is 12.0. The van der Waals surface area contributed by atoms with Gasteiger partial charge in [-0.1, -0.05) is 54.1 Å². The second kappa shape index (κ2) is 10.6. The Morgan fingerprint density at radius 2 is 1.76 bits per heavy atom. The average Bonchev–Trinajstić information content (AvgIpc) is 2.73. The summed E-state index contributed by atoms with van der Waals surface area (Å²) in [6.07, 6.45) is 1.54. The van der Waals surface area contributed by atoms with Gasteiger partial charge >= 0.3 is 0 Å². The molecular weight excluding hydrogens is 456 g/mol. The molecule has 7 heteroatoms. The van der Waals surface area contributed by atoms with Crippen molar-refractivity contribution >= 4 is 39.7 Å². The SMILES string of the molecule is O=C(COc1ccc(Cl)cc1Br)NN=Cc1ccccc1OCc1ccccc1. The van der Waals surface area contributed by atoms with Crippen LogP contribution in [-0.2, 0) is 11.4 Å². The zero-order valence-corrected chi connectivity index (χ0v) is 17.7. The van der Waals surface area contributed by atoms with Crippen molar-refractivity contribution in [3.05, 3.63) is 93.4 Å². The molecule has 3 rings (SSSR count). The van der Waals surface area contributed by atoms with Gasteiger partial charge in [0, 0.05) is 10.6 Å². The number of hydrogen-bond donors (Lipinski definition) is 1. The van der Waals surface area contributed by atoms with Gasteiger partial charge in [-0.2, -0.15) is 5.10 Å². The first-order chi connectivity index (χ1) is 14.1. The van der Waals surface area contributed by atoms with Gasteiger partial charge in [0.2, 0.25) is 0 Å². The number of hydrogen-bond acceptors (Lipinski definition) is 4. The van der Waals surface area contributed by atoms with E-state index < -0.39 is 0 Å². The third-order valence-corrected chi connectivity index (χ3v) is 4.66. The van der Waals surface area contributed by atoms with Crippen molar-refractivity contribution in [1.29, 1.82) is 0 Å². The highest BCUT2D eigenvalue weighted by atomic mass is 79.9. The molecular formula is C22H18BrClN2O3. The van der Waals surface area contributed by atoms with Crippen LogP contribution in [0.1, 0.15) is 11.1 Å². The van der Waals surface area contributed by atoms with Crippen molar-refractivity contribution in [2.45, 2.75) is 6.61 Å². The number of nitrogens with zero attached hydrogens (tertiary/aromatic N) is 1. The van der Waals surface area contributed by atoms with E-state index in [4.69, 9.17) is 21.1 Å². The molecule has 0 unspecified atom stereocenters. The van der Waals surface area contributed by atoms with Crippen molar-refractivity contribution in [3.63, 3.8) is 0 Å². The van der Waals surface area contributed by atoms with Crippen LogP contribution in [0.2, 0.25) is 5.02 Å². The van der Waals surface area contributed by atoms with Crippen molar-refractivity contribution in [2.24, 2.45) is 5.10 Å². The lowest BCUT2D eigenvalue weighted by molar-refractivity contribution is -0.123. The minimum absolute atomic E-state index is 0.177. The molecule has 148 valence electrons. The third kappa shape index (κ3) is 6.62. The number of amides is 1. The maximum atomic E-state index is 12.0. The Morgan fingerprint density at radius 1 is 1.00 bits per heavy atom. The topological polar surface area (TPSA) is 59.9 Å². The number of hydrazone groups is 1. The summed E-state index contributed by atoms with van der Waals surface area (Å²) in [5.74, 6) is 0.815. The lowest BCUT2D eigenvalue weighted by Gasteiger charge is -2.09. The highest BCUT2D eigenvalue weighted by Crippen LogP contribution is 2.27. The zero-order valence-electron chi connectivity index (χ0n) is 15.3. The number of nitrogens with one attached hydrogen (secondary N) is 1. The maximum absolute atomic E-state index is 12.0. The molecule has 0 aromatic heterocycles. The van der Waals surface area contributed by atoms with Crippen LogP contribution < -0.4 is 14.9 Å². The Labute approximate surface area is 182 Å². The summed E-state index contributed by atoms with van der Waals surface area (Å²) in [5.41, 5.74) is 4.26. The van der Waals surface area contributed by atoms with Crippen LogP contribution in [0.5, 0.6) is 11.5 Å². The van der Waals surface area contributed by atoms with E-state index in [0.29, 0.717) is 27.6 Å². The number of para-hydroxylation sites is 1. The van der Waals surface area contributed by atoms with Crippen LogP contribution in [0.3, 0.4) is 0 Å². The molecule has 1 amide bonds. The molecule has 0 aliphatic heterocycles. The zero-order chi connectivity index (χ0) is 20.5. The van der Waals surface area contributed by atoms with Gasteiger partial charge in [-0.05, 0) is 51.8 Å². The molecule has 0 atom stereocenters. The number of ether oxygens (including phenoxy) is 2.